The summed E-state index contributed by atoms with van der Waals surface area (Å²) in [6.07, 6.45) is 8.98. The molecule has 0 saturated heterocycles. The number of para-hydroxylation sites is 1. The van der Waals surface area contributed by atoms with Gasteiger partial charge in [-0.2, -0.15) is 0 Å². The predicted molar refractivity (Wildman–Crippen MR) is 113 cm³/mol. The van der Waals surface area contributed by atoms with Crippen LogP contribution in [0.4, 0.5) is 8.78 Å². The smallest absolute Gasteiger partial charge is 0.165 e. The first-order chi connectivity index (χ1) is 14.1. The van der Waals surface area contributed by atoms with Crippen LogP contribution in [0, 0.1) is 24.0 Å². The van der Waals surface area contributed by atoms with Gasteiger partial charge in [0.25, 0.3) is 0 Å². The molecule has 29 heavy (non-hydrogen) atoms. The Morgan fingerprint density at radius 1 is 0.966 bits per heavy atom. The number of halogens is 2. The molecule has 148 valence electrons. The molecule has 1 unspecified atom stereocenters. The molecule has 0 N–H and O–H groups in total. The third kappa shape index (κ3) is 5.03. The van der Waals surface area contributed by atoms with Crippen LogP contribution in [0.1, 0.15) is 37.3 Å². The number of hydrogen-bond donors (Lipinski definition) is 0. The molecule has 3 aromatic carbocycles. The second-order valence-corrected chi connectivity index (χ2v) is 7.12. The van der Waals surface area contributed by atoms with E-state index in [0.717, 1.165) is 36.8 Å². The van der Waals surface area contributed by atoms with Gasteiger partial charge in [-0.05, 0) is 73.2 Å². The van der Waals surface area contributed by atoms with Crippen LogP contribution in [0.3, 0.4) is 0 Å². The van der Waals surface area contributed by atoms with E-state index in [1.165, 1.54) is 18.2 Å². The zero-order chi connectivity index (χ0) is 20.7. The third-order valence-corrected chi connectivity index (χ3v) is 5.31. The first kappa shape index (κ1) is 20.6. The number of hydrogen-bond acceptors (Lipinski definition) is 1. The van der Waals surface area contributed by atoms with Gasteiger partial charge in [-0.1, -0.05) is 49.2 Å². The average molecular weight is 390 g/mol. The van der Waals surface area contributed by atoms with Gasteiger partial charge in [0.2, 0.25) is 0 Å². The normalized spacial score (nSPS) is 12.8. The molecule has 0 spiro atoms. The van der Waals surface area contributed by atoms with Crippen LogP contribution in [0.5, 0.6) is 11.5 Å². The van der Waals surface area contributed by atoms with E-state index < -0.39 is 11.2 Å². The number of ether oxygens (including phenoxy) is 1. The van der Waals surface area contributed by atoms with Crippen molar-refractivity contribution >= 4 is 0 Å². The Hall–Kier alpha value is -3.12. The maximum atomic E-state index is 14.1. The molecule has 0 aliphatic rings. The summed E-state index contributed by atoms with van der Waals surface area (Å²) in [5.74, 6) is 3.08. The molecule has 0 aliphatic carbocycles. The van der Waals surface area contributed by atoms with E-state index in [4.69, 9.17) is 11.2 Å². The monoisotopic (exact) mass is 390 g/mol. The average Bonchev–Trinajstić information content (AvgIpc) is 2.75. The van der Waals surface area contributed by atoms with E-state index in [1.807, 2.05) is 25.1 Å². The topological polar surface area (TPSA) is 9.23 Å². The van der Waals surface area contributed by atoms with Gasteiger partial charge in [-0.15, -0.1) is 6.42 Å². The molecule has 0 aromatic heterocycles. The van der Waals surface area contributed by atoms with Gasteiger partial charge in [-0.25, -0.2) is 8.78 Å². The largest absolute Gasteiger partial charge is 0.454 e. The zero-order valence-electron chi connectivity index (χ0n) is 16.5. The highest BCUT2D eigenvalue weighted by molar-refractivity contribution is 5.36. The van der Waals surface area contributed by atoms with Crippen molar-refractivity contribution in [3.05, 3.63) is 95.6 Å². The van der Waals surface area contributed by atoms with Gasteiger partial charge < -0.3 is 4.74 Å². The van der Waals surface area contributed by atoms with E-state index in [1.54, 1.807) is 36.4 Å². The van der Waals surface area contributed by atoms with Crippen LogP contribution in [0.25, 0.3) is 0 Å². The van der Waals surface area contributed by atoms with Crippen LogP contribution in [0.2, 0.25) is 0 Å². The highest BCUT2D eigenvalue weighted by atomic mass is 19.1. The minimum Gasteiger partial charge on any atom is -0.454 e. The summed E-state index contributed by atoms with van der Waals surface area (Å²) in [5, 5.41) is 0. The summed E-state index contributed by atoms with van der Waals surface area (Å²) < 4.78 is 33.1. The van der Waals surface area contributed by atoms with E-state index in [2.05, 4.69) is 5.92 Å². The molecule has 1 atom stereocenters. The van der Waals surface area contributed by atoms with Gasteiger partial charge >= 0.3 is 0 Å². The van der Waals surface area contributed by atoms with Crippen LogP contribution >= 0.6 is 0 Å². The van der Waals surface area contributed by atoms with Crippen LogP contribution in [0.15, 0.2) is 72.8 Å². The van der Waals surface area contributed by atoms with Crippen LogP contribution < -0.4 is 4.74 Å². The lowest BCUT2D eigenvalue weighted by Crippen LogP contribution is -2.23. The molecular formula is C26H24F2O. The van der Waals surface area contributed by atoms with Crippen molar-refractivity contribution in [1.82, 2.24) is 0 Å². The summed E-state index contributed by atoms with van der Waals surface area (Å²) in [4.78, 5) is 0. The quantitative estimate of drug-likeness (QED) is 0.374. The Bertz CT molecular complexity index is 974. The predicted octanol–water partition coefficient (Wildman–Crippen LogP) is 7.06. The standard InChI is InChI=1S/C26H24F2O/c1-3-26(4-2,21-13-15-22(27)16-14-21)18-8-9-20-12-17-24(28)25(19-20)29-23-10-6-5-7-11-23/h1,5-7,10-17,19H,4,8-9,18H2,2H3. The van der Waals surface area contributed by atoms with Crippen molar-refractivity contribution in [3.63, 3.8) is 0 Å². The molecule has 0 bridgehead atoms. The fourth-order valence-corrected chi connectivity index (χ4v) is 3.54. The van der Waals surface area contributed by atoms with E-state index >= 15 is 0 Å². The van der Waals surface area contributed by atoms with Crippen molar-refractivity contribution in [3.8, 4) is 23.8 Å². The molecule has 3 aromatic rings. The highest BCUT2D eigenvalue weighted by Gasteiger charge is 2.27. The summed E-state index contributed by atoms with van der Waals surface area (Å²) in [6.45, 7) is 2.05. The van der Waals surface area contributed by atoms with Crippen LogP contribution in [-0.4, -0.2) is 0 Å². The number of benzene rings is 3. The van der Waals surface area contributed by atoms with Crippen molar-refractivity contribution < 1.29 is 13.5 Å². The van der Waals surface area contributed by atoms with Crippen LogP contribution in [-0.2, 0) is 11.8 Å². The summed E-state index contributed by atoms with van der Waals surface area (Å²) >= 11 is 0. The Morgan fingerprint density at radius 3 is 2.34 bits per heavy atom. The molecule has 0 saturated carbocycles. The van der Waals surface area contributed by atoms with Crippen molar-refractivity contribution in [2.45, 2.75) is 38.0 Å². The molecular weight excluding hydrogens is 366 g/mol. The van der Waals surface area contributed by atoms with Gasteiger partial charge in [-0.3, -0.25) is 0 Å². The molecule has 0 fully saturated rings. The Kier molecular flexibility index (Phi) is 6.67. The third-order valence-electron chi connectivity index (χ3n) is 5.31. The Labute approximate surface area is 171 Å². The second kappa shape index (κ2) is 9.39. The molecule has 1 nitrogen and oxygen atoms in total. The van der Waals surface area contributed by atoms with Crippen molar-refractivity contribution in [1.29, 1.82) is 0 Å². The Morgan fingerprint density at radius 2 is 1.69 bits per heavy atom. The van der Waals surface area contributed by atoms with E-state index in [9.17, 15) is 8.78 Å². The first-order valence-electron chi connectivity index (χ1n) is 9.81. The lowest BCUT2D eigenvalue weighted by molar-refractivity contribution is 0.440. The first-order valence-corrected chi connectivity index (χ1v) is 9.81. The number of aryl methyl sites for hydroxylation is 1. The lowest BCUT2D eigenvalue weighted by Gasteiger charge is -2.28. The fourth-order valence-electron chi connectivity index (χ4n) is 3.54. The lowest BCUT2D eigenvalue weighted by atomic mass is 9.75. The van der Waals surface area contributed by atoms with Gasteiger partial charge in [0, 0.05) is 0 Å². The van der Waals surface area contributed by atoms with Crippen molar-refractivity contribution in [2.24, 2.45) is 0 Å². The van der Waals surface area contributed by atoms with Crippen molar-refractivity contribution in [2.75, 3.05) is 0 Å². The maximum absolute atomic E-state index is 14.1. The summed E-state index contributed by atoms with van der Waals surface area (Å²) in [7, 11) is 0. The molecule has 0 amide bonds. The fraction of sp³-hybridized carbons (Fsp3) is 0.231. The minimum absolute atomic E-state index is 0.214. The molecule has 0 heterocycles. The Balaban J connectivity index is 1.69. The van der Waals surface area contributed by atoms with Gasteiger partial charge in [0.15, 0.2) is 11.6 Å². The van der Waals surface area contributed by atoms with Gasteiger partial charge in [0.1, 0.15) is 11.6 Å². The second-order valence-electron chi connectivity index (χ2n) is 7.12. The van der Waals surface area contributed by atoms with E-state index in [-0.39, 0.29) is 11.6 Å². The number of rotatable bonds is 8. The SMILES string of the molecule is C#CC(CC)(CCCc1ccc(F)c(Oc2ccccc2)c1)c1ccc(F)cc1. The highest BCUT2D eigenvalue weighted by Crippen LogP contribution is 2.33. The number of terminal acetylenes is 1. The zero-order valence-corrected chi connectivity index (χ0v) is 16.5. The summed E-state index contributed by atoms with van der Waals surface area (Å²) in [6, 6.07) is 20.5. The molecule has 3 heteroatoms. The van der Waals surface area contributed by atoms with E-state index in [0.29, 0.717) is 5.75 Å². The molecule has 0 aliphatic heterocycles. The summed E-state index contributed by atoms with van der Waals surface area (Å²) in [5.41, 5.74) is 1.51. The van der Waals surface area contributed by atoms with Gasteiger partial charge in [0.05, 0.1) is 5.41 Å². The maximum Gasteiger partial charge on any atom is 0.165 e. The molecule has 3 rings (SSSR count). The minimum atomic E-state index is -0.433. The molecule has 0 radical (unpaired) electrons.